The number of fused-ring (bicyclic) bond motifs is 1. The van der Waals surface area contributed by atoms with Crippen molar-refractivity contribution in [2.45, 2.75) is 43.0 Å². The van der Waals surface area contributed by atoms with E-state index in [1.807, 2.05) is 29.2 Å². The smallest absolute Gasteiger partial charge is 0.322 e. The van der Waals surface area contributed by atoms with Crippen LogP contribution in [0.3, 0.4) is 0 Å². The van der Waals surface area contributed by atoms with E-state index in [0.29, 0.717) is 17.4 Å². The monoisotopic (exact) mass is 395 g/mol. The standard InChI is InChI=1S/C22H25N3O2S/c1-2-17(15-7-4-3-5-8-15)19-9-6-12-25(19)22(27)23-16-10-11-20-18(13-16)24-21(26)14-28-20/h3-5,7-8,10-11,13,17,19H,2,6,9,12,14H2,1H3,(H,23,27)(H,24,26). The van der Waals surface area contributed by atoms with E-state index in [1.54, 1.807) is 0 Å². The molecule has 1 fully saturated rings. The molecule has 2 unspecified atom stereocenters. The highest BCUT2D eigenvalue weighted by Crippen LogP contribution is 2.35. The van der Waals surface area contributed by atoms with Crippen molar-refractivity contribution in [3.8, 4) is 0 Å². The first-order chi connectivity index (χ1) is 13.7. The van der Waals surface area contributed by atoms with Crippen LogP contribution in [0.2, 0.25) is 0 Å². The number of amides is 3. The van der Waals surface area contributed by atoms with Crippen molar-refractivity contribution in [2.24, 2.45) is 0 Å². The van der Waals surface area contributed by atoms with E-state index >= 15 is 0 Å². The number of carbonyl (C=O) groups excluding carboxylic acids is 2. The van der Waals surface area contributed by atoms with Crippen molar-refractivity contribution in [3.63, 3.8) is 0 Å². The molecule has 2 aliphatic rings. The van der Waals surface area contributed by atoms with Crippen molar-refractivity contribution in [3.05, 3.63) is 54.1 Å². The summed E-state index contributed by atoms with van der Waals surface area (Å²) in [5.74, 6) is 0.773. The van der Waals surface area contributed by atoms with Gasteiger partial charge in [-0.2, -0.15) is 0 Å². The number of likely N-dealkylation sites (tertiary alicyclic amines) is 1. The average Bonchev–Trinajstić information content (AvgIpc) is 3.19. The normalized spacial score (nSPS) is 19.7. The predicted octanol–water partition coefficient (Wildman–Crippen LogP) is 4.92. The van der Waals surface area contributed by atoms with Crippen LogP contribution in [0.25, 0.3) is 0 Å². The SMILES string of the molecule is CCC(c1ccccc1)C1CCCN1C(=O)Nc1ccc2c(c1)NC(=O)CS2. The van der Waals surface area contributed by atoms with Gasteiger partial charge in [-0.25, -0.2) is 4.79 Å². The van der Waals surface area contributed by atoms with Gasteiger partial charge in [-0.05, 0) is 43.0 Å². The van der Waals surface area contributed by atoms with Crippen LogP contribution in [-0.2, 0) is 4.79 Å². The fraction of sp³-hybridized carbons (Fsp3) is 0.364. The minimum atomic E-state index is -0.0633. The zero-order valence-corrected chi connectivity index (χ0v) is 16.8. The van der Waals surface area contributed by atoms with Gasteiger partial charge < -0.3 is 15.5 Å². The number of nitrogens with one attached hydrogen (secondary N) is 2. The fourth-order valence-electron chi connectivity index (χ4n) is 4.25. The van der Waals surface area contributed by atoms with Gasteiger partial charge in [0.05, 0.1) is 11.4 Å². The van der Waals surface area contributed by atoms with Crippen LogP contribution < -0.4 is 10.6 Å². The lowest BCUT2D eigenvalue weighted by atomic mass is 9.88. The number of rotatable bonds is 4. The van der Waals surface area contributed by atoms with Gasteiger partial charge in [-0.1, -0.05) is 37.3 Å². The minimum Gasteiger partial charge on any atom is -0.324 e. The molecule has 28 heavy (non-hydrogen) atoms. The molecule has 3 amide bonds. The molecule has 0 aliphatic carbocycles. The van der Waals surface area contributed by atoms with Crippen LogP contribution in [0.15, 0.2) is 53.4 Å². The second-order valence-electron chi connectivity index (χ2n) is 7.31. The summed E-state index contributed by atoms with van der Waals surface area (Å²) in [7, 11) is 0. The summed E-state index contributed by atoms with van der Waals surface area (Å²) in [6, 6.07) is 16.3. The van der Waals surface area contributed by atoms with Crippen LogP contribution >= 0.6 is 11.8 Å². The highest BCUT2D eigenvalue weighted by Gasteiger charge is 2.34. The highest BCUT2D eigenvalue weighted by molar-refractivity contribution is 8.00. The number of thioether (sulfide) groups is 1. The molecule has 2 aromatic rings. The average molecular weight is 396 g/mol. The van der Waals surface area contributed by atoms with E-state index < -0.39 is 0 Å². The summed E-state index contributed by atoms with van der Waals surface area (Å²) in [4.78, 5) is 27.7. The number of urea groups is 1. The molecule has 1 saturated heterocycles. The van der Waals surface area contributed by atoms with Gasteiger partial charge in [-0.15, -0.1) is 11.8 Å². The van der Waals surface area contributed by atoms with Gasteiger partial charge in [0, 0.05) is 29.1 Å². The second-order valence-corrected chi connectivity index (χ2v) is 8.32. The van der Waals surface area contributed by atoms with Crippen LogP contribution in [0, 0.1) is 0 Å². The summed E-state index contributed by atoms with van der Waals surface area (Å²) in [6.07, 6.45) is 3.05. The Bertz CT molecular complexity index is 871. The van der Waals surface area contributed by atoms with Gasteiger partial charge in [-0.3, -0.25) is 4.79 Å². The number of carbonyl (C=O) groups is 2. The Labute approximate surface area is 169 Å². The lowest BCUT2D eigenvalue weighted by Gasteiger charge is -2.32. The van der Waals surface area contributed by atoms with E-state index in [0.717, 1.165) is 36.4 Å². The van der Waals surface area contributed by atoms with Crippen LogP contribution in [0.4, 0.5) is 16.2 Å². The number of anilines is 2. The van der Waals surface area contributed by atoms with Crippen LogP contribution in [-0.4, -0.2) is 35.2 Å². The fourth-order valence-corrected chi connectivity index (χ4v) is 5.04. The Hall–Kier alpha value is -2.47. The topological polar surface area (TPSA) is 61.4 Å². The van der Waals surface area contributed by atoms with Gasteiger partial charge in [0.15, 0.2) is 0 Å². The van der Waals surface area contributed by atoms with Crippen molar-refractivity contribution in [1.82, 2.24) is 4.90 Å². The molecule has 0 spiro atoms. The first kappa shape index (κ1) is 18.9. The molecule has 4 rings (SSSR count). The highest BCUT2D eigenvalue weighted by atomic mass is 32.2. The Morgan fingerprint density at radius 2 is 2.11 bits per heavy atom. The molecule has 0 aromatic heterocycles. The van der Waals surface area contributed by atoms with Crippen molar-refractivity contribution in [1.29, 1.82) is 0 Å². The molecule has 2 aromatic carbocycles. The van der Waals surface area contributed by atoms with E-state index in [9.17, 15) is 9.59 Å². The molecule has 2 aliphatic heterocycles. The Morgan fingerprint density at radius 1 is 1.29 bits per heavy atom. The molecule has 2 heterocycles. The Morgan fingerprint density at radius 3 is 2.89 bits per heavy atom. The third-order valence-corrected chi connectivity index (χ3v) is 6.63. The first-order valence-corrected chi connectivity index (χ1v) is 10.8. The third-order valence-electron chi connectivity index (χ3n) is 5.56. The van der Waals surface area contributed by atoms with E-state index in [4.69, 9.17) is 0 Å². The molecule has 0 saturated carbocycles. The number of benzene rings is 2. The molecule has 146 valence electrons. The molecule has 2 N–H and O–H groups in total. The number of nitrogens with zero attached hydrogens (tertiary/aromatic N) is 1. The van der Waals surface area contributed by atoms with E-state index in [-0.39, 0.29) is 18.0 Å². The summed E-state index contributed by atoms with van der Waals surface area (Å²) in [6.45, 7) is 2.97. The molecular weight excluding hydrogens is 370 g/mol. The maximum Gasteiger partial charge on any atom is 0.322 e. The number of hydrogen-bond donors (Lipinski definition) is 2. The van der Waals surface area contributed by atoms with Crippen molar-refractivity contribution < 1.29 is 9.59 Å². The molecule has 0 bridgehead atoms. The van der Waals surface area contributed by atoms with Gasteiger partial charge >= 0.3 is 6.03 Å². The van der Waals surface area contributed by atoms with Gasteiger partial charge in [0.1, 0.15) is 0 Å². The molecule has 6 heteroatoms. The predicted molar refractivity (Wildman–Crippen MR) is 114 cm³/mol. The quantitative estimate of drug-likeness (QED) is 0.772. The molecule has 0 radical (unpaired) electrons. The van der Waals surface area contributed by atoms with Crippen molar-refractivity contribution >= 4 is 35.1 Å². The van der Waals surface area contributed by atoms with E-state index in [1.165, 1.54) is 17.3 Å². The largest absolute Gasteiger partial charge is 0.324 e. The Balaban J connectivity index is 1.49. The summed E-state index contributed by atoms with van der Waals surface area (Å²) < 4.78 is 0. The summed E-state index contributed by atoms with van der Waals surface area (Å²) in [5, 5.41) is 5.91. The summed E-state index contributed by atoms with van der Waals surface area (Å²) >= 11 is 1.52. The third kappa shape index (κ3) is 3.87. The van der Waals surface area contributed by atoms with E-state index in [2.05, 4.69) is 41.8 Å². The maximum atomic E-state index is 13.0. The maximum absolute atomic E-state index is 13.0. The lowest BCUT2D eigenvalue weighted by Crippen LogP contribution is -2.41. The zero-order valence-electron chi connectivity index (χ0n) is 16.0. The summed E-state index contributed by atoms with van der Waals surface area (Å²) in [5.41, 5.74) is 2.78. The minimum absolute atomic E-state index is 0.00534. The Kier molecular flexibility index (Phi) is 5.57. The molecular formula is C22H25N3O2S. The van der Waals surface area contributed by atoms with Crippen molar-refractivity contribution in [2.75, 3.05) is 22.9 Å². The molecule has 5 nitrogen and oxygen atoms in total. The van der Waals surface area contributed by atoms with Crippen LogP contribution in [0.1, 0.15) is 37.7 Å². The zero-order chi connectivity index (χ0) is 19.5. The number of hydrogen-bond acceptors (Lipinski definition) is 3. The van der Waals surface area contributed by atoms with Gasteiger partial charge in [0.2, 0.25) is 5.91 Å². The molecule has 2 atom stereocenters. The first-order valence-electron chi connectivity index (χ1n) is 9.85. The van der Waals surface area contributed by atoms with Gasteiger partial charge in [0.25, 0.3) is 0 Å². The lowest BCUT2D eigenvalue weighted by molar-refractivity contribution is -0.113. The second kappa shape index (κ2) is 8.27. The van der Waals surface area contributed by atoms with Crippen LogP contribution in [0.5, 0.6) is 0 Å².